The van der Waals surface area contributed by atoms with E-state index in [2.05, 4.69) is 12.2 Å². The molecule has 1 aromatic rings. The molecule has 0 aliphatic rings. The van der Waals surface area contributed by atoms with Gasteiger partial charge in [0.2, 0.25) is 5.91 Å². The second kappa shape index (κ2) is 9.82. The summed E-state index contributed by atoms with van der Waals surface area (Å²) in [6.07, 6.45) is 3.42. The number of hydrogen-bond donors (Lipinski definition) is 1. The van der Waals surface area contributed by atoms with Crippen LogP contribution in [0.2, 0.25) is 5.02 Å². The van der Waals surface area contributed by atoms with Crippen molar-refractivity contribution < 1.29 is 9.53 Å². The number of carbonyl (C=O) groups is 1. The van der Waals surface area contributed by atoms with E-state index in [-0.39, 0.29) is 5.91 Å². The first-order chi connectivity index (χ1) is 9.24. The molecule has 4 heteroatoms. The number of ether oxygens (including phenoxy) is 1. The van der Waals surface area contributed by atoms with Gasteiger partial charge in [-0.2, -0.15) is 0 Å². The first-order valence-corrected chi connectivity index (χ1v) is 7.19. The minimum absolute atomic E-state index is 0.00154. The molecular weight excluding hydrogens is 262 g/mol. The molecule has 0 bridgehead atoms. The van der Waals surface area contributed by atoms with Gasteiger partial charge < -0.3 is 10.1 Å². The molecule has 0 fully saturated rings. The molecule has 1 aromatic carbocycles. The molecule has 0 aliphatic carbocycles. The molecule has 19 heavy (non-hydrogen) atoms. The lowest BCUT2D eigenvalue weighted by molar-refractivity contribution is -0.120. The molecule has 0 saturated carbocycles. The van der Waals surface area contributed by atoms with Crippen molar-refractivity contribution in [3.63, 3.8) is 0 Å². The third-order valence-electron chi connectivity index (χ3n) is 2.74. The molecule has 1 amide bonds. The van der Waals surface area contributed by atoms with E-state index in [4.69, 9.17) is 16.3 Å². The molecule has 0 spiro atoms. The lowest BCUT2D eigenvalue weighted by atomic mass is 10.1. The fraction of sp³-hybridized carbons (Fsp3) is 0.533. The predicted molar refractivity (Wildman–Crippen MR) is 78.5 cm³/mol. The van der Waals surface area contributed by atoms with Crippen LogP contribution in [0.15, 0.2) is 24.3 Å². The number of amides is 1. The van der Waals surface area contributed by atoms with Crippen molar-refractivity contribution in [2.45, 2.75) is 32.6 Å². The maximum absolute atomic E-state index is 11.7. The van der Waals surface area contributed by atoms with Crippen LogP contribution in [-0.4, -0.2) is 25.7 Å². The summed E-state index contributed by atoms with van der Waals surface area (Å²) in [4.78, 5) is 11.7. The molecule has 0 heterocycles. The van der Waals surface area contributed by atoms with Gasteiger partial charge in [-0.05, 0) is 24.5 Å². The minimum atomic E-state index is 0.00154. The van der Waals surface area contributed by atoms with E-state index < -0.39 is 0 Å². The molecule has 0 saturated heterocycles. The fourth-order valence-electron chi connectivity index (χ4n) is 1.63. The number of hydrogen-bond acceptors (Lipinski definition) is 2. The van der Waals surface area contributed by atoms with Gasteiger partial charge in [0.25, 0.3) is 0 Å². The summed E-state index contributed by atoms with van der Waals surface area (Å²) < 4.78 is 5.42. The molecule has 1 rings (SSSR count). The first-order valence-electron chi connectivity index (χ1n) is 6.82. The zero-order valence-electron chi connectivity index (χ0n) is 11.5. The van der Waals surface area contributed by atoms with Gasteiger partial charge >= 0.3 is 0 Å². The SMILES string of the molecule is CCCCOCCCNC(=O)Cc1ccccc1Cl. The van der Waals surface area contributed by atoms with Crippen molar-refractivity contribution in [1.29, 1.82) is 0 Å². The number of nitrogens with one attached hydrogen (secondary N) is 1. The summed E-state index contributed by atoms with van der Waals surface area (Å²) in [7, 11) is 0. The van der Waals surface area contributed by atoms with Crippen LogP contribution in [0, 0.1) is 0 Å². The second-order valence-electron chi connectivity index (χ2n) is 4.44. The smallest absolute Gasteiger partial charge is 0.224 e. The van der Waals surface area contributed by atoms with E-state index in [0.717, 1.165) is 31.4 Å². The molecule has 0 aromatic heterocycles. The maximum Gasteiger partial charge on any atom is 0.224 e. The molecule has 1 N–H and O–H groups in total. The topological polar surface area (TPSA) is 38.3 Å². The van der Waals surface area contributed by atoms with Crippen LogP contribution in [0.1, 0.15) is 31.7 Å². The van der Waals surface area contributed by atoms with E-state index in [1.807, 2.05) is 18.2 Å². The predicted octanol–water partition coefficient (Wildman–Crippen LogP) is 3.21. The van der Waals surface area contributed by atoms with Crippen LogP contribution in [-0.2, 0) is 16.0 Å². The quantitative estimate of drug-likeness (QED) is 0.707. The van der Waals surface area contributed by atoms with Crippen molar-refractivity contribution >= 4 is 17.5 Å². The van der Waals surface area contributed by atoms with Crippen LogP contribution < -0.4 is 5.32 Å². The lowest BCUT2D eigenvalue weighted by Crippen LogP contribution is -2.27. The van der Waals surface area contributed by atoms with Gasteiger partial charge in [0, 0.05) is 24.8 Å². The van der Waals surface area contributed by atoms with Crippen LogP contribution in [0.4, 0.5) is 0 Å². The van der Waals surface area contributed by atoms with Crippen molar-refractivity contribution in [3.05, 3.63) is 34.9 Å². The highest BCUT2D eigenvalue weighted by Crippen LogP contribution is 2.15. The average Bonchev–Trinajstić information content (AvgIpc) is 2.40. The summed E-state index contributed by atoms with van der Waals surface area (Å²) in [6.45, 7) is 4.30. The Kier molecular flexibility index (Phi) is 8.26. The lowest BCUT2D eigenvalue weighted by Gasteiger charge is -2.07. The third-order valence-corrected chi connectivity index (χ3v) is 3.11. The second-order valence-corrected chi connectivity index (χ2v) is 4.84. The van der Waals surface area contributed by atoms with Gasteiger partial charge in [-0.1, -0.05) is 43.1 Å². The summed E-state index contributed by atoms with van der Waals surface area (Å²) in [6, 6.07) is 7.41. The van der Waals surface area contributed by atoms with E-state index in [0.29, 0.717) is 24.6 Å². The molecule has 0 radical (unpaired) electrons. The van der Waals surface area contributed by atoms with Crippen LogP contribution in [0.25, 0.3) is 0 Å². The van der Waals surface area contributed by atoms with E-state index in [1.165, 1.54) is 0 Å². The van der Waals surface area contributed by atoms with E-state index in [9.17, 15) is 4.79 Å². The molecule has 0 atom stereocenters. The van der Waals surface area contributed by atoms with Crippen molar-refractivity contribution in [3.8, 4) is 0 Å². The Morgan fingerprint density at radius 2 is 2.00 bits per heavy atom. The Balaban J connectivity index is 2.10. The van der Waals surface area contributed by atoms with Crippen molar-refractivity contribution in [1.82, 2.24) is 5.32 Å². The Morgan fingerprint density at radius 1 is 1.26 bits per heavy atom. The monoisotopic (exact) mass is 283 g/mol. The Bertz CT molecular complexity index is 382. The fourth-order valence-corrected chi connectivity index (χ4v) is 1.83. The van der Waals surface area contributed by atoms with Crippen LogP contribution in [0.5, 0.6) is 0 Å². The normalized spacial score (nSPS) is 10.4. The van der Waals surface area contributed by atoms with Gasteiger partial charge in [-0.25, -0.2) is 0 Å². The summed E-state index contributed by atoms with van der Waals surface area (Å²) in [5.74, 6) is 0.00154. The van der Waals surface area contributed by atoms with Crippen molar-refractivity contribution in [2.75, 3.05) is 19.8 Å². The Hall–Kier alpha value is -1.06. The standard InChI is InChI=1S/C15H22ClNO2/c1-2-3-10-19-11-6-9-17-15(18)12-13-7-4-5-8-14(13)16/h4-5,7-8H,2-3,6,9-12H2,1H3,(H,17,18). The number of benzene rings is 1. The Morgan fingerprint density at radius 3 is 2.74 bits per heavy atom. The average molecular weight is 284 g/mol. The van der Waals surface area contributed by atoms with Crippen molar-refractivity contribution in [2.24, 2.45) is 0 Å². The molecular formula is C15H22ClNO2. The van der Waals surface area contributed by atoms with Gasteiger partial charge in [-0.15, -0.1) is 0 Å². The zero-order valence-corrected chi connectivity index (χ0v) is 12.2. The zero-order chi connectivity index (χ0) is 13.9. The van der Waals surface area contributed by atoms with Gasteiger partial charge in [-0.3, -0.25) is 4.79 Å². The molecule has 3 nitrogen and oxygen atoms in total. The summed E-state index contributed by atoms with van der Waals surface area (Å²) in [5, 5.41) is 3.51. The third kappa shape index (κ3) is 7.19. The molecule has 0 aliphatic heterocycles. The van der Waals surface area contributed by atoms with Gasteiger partial charge in [0.05, 0.1) is 6.42 Å². The summed E-state index contributed by atoms with van der Waals surface area (Å²) in [5.41, 5.74) is 0.862. The number of halogens is 1. The molecule has 106 valence electrons. The Labute approximate surface area is 120 Å². The van der Waals surface area contributed by atoms with E-state index in [1.54, 1.807) is 6.07 Å². The van der Waals surface area contributed by atoms with E-state index >= 15 is 0 Å². The van der Waals surface area contributed by atoms with Crippen LogP contribution in [0.3, 0.4) is 0 Å². The maximum atomic E-state index is 11.7. The largest absolute Gasteiger partial charge is 0.381 e. The number of unbranched alkanes of at least 4 members (excludes halogenated alkanes) is 1. The number of carbonyl (C=O) groups excluding carboxylic acids is 1. The van der Waals surface area contributed by atoms with Gasteiger partial charge in [0.1, 0.15) is 0 Å². The highest BCUT2D eigenvalue weighted by molar-refractivity contribution is 6.31. The highest BCUT2D eigenvalue weighted by atomic mass is 35.5. The highest BCUT2D eigenvalue weighted by Gasteiger charge is 2.05. The number of rotatable bonds is 9. The van der Waals surface area contributed by atoms with Crippen LogP contribution >= 0.6 is 11.6 Å². The minimum Gasteiger partial charge on any atom is -0.381 e. The summed E-state index contributed by atoms with van der Waals surface area (Å²) >= 11 is 6.00. The molecule has 0 unspecified atom stereocenters. The van der Waals surface area contributed by atoms with Gasteiger partial charge in [0.15, 0.2) is 0 Å². The first kappa shape index (κ1) is 16.0.